The second kappa shape index (κ2) is 7.68. The molecule has 10 heteroatoms. The number of benzene rings is 2. The molecule has 0 bridgehead atoms. The van der Waals surface area contributed by atoms with Gasteiger partial charge in [-0.2, -0.15) is 0 Å². The van der Waals surface area contributed by atoms with E-state index in [4.69, 9.17) is 16.3 Å². The molecule has 0 saturated heterocycles. The maximum atomic E-state index is 13.8. The highest BCUT2D eigenvalue weighted by Crippen LogP contribution is 2.29. The molecule has 2 aromatic carbocycles. The lowest BCUT2D eigenvalue weighted by atomic mass is 10.1. The van der Waals surface area contributed by atoms with Gasteiger partial charge in [0.25, 0.3) is 11.6 Å². The van der Waals surface area contributed by atoms with Gasteiger partial charge in [0, 0.05) is 23.1 Å². The second-order valence-corrected chi connectivity index (χ2v) is 6.53. The van der Waals surface area contributed by atoms with Crippen LogP contribution >= 0.6 is 22.9 Å². The van der Waals surface area contributed by atoms with Crippen molar-refractivity contribution in [2.24, 2.45) is 0 Å². The number of amides is 1. The summed E-state index contributed by atoms with van der Waals surface area (Å²) in [4.78, 5) is 26.7. The molecule has 3 rings (SSSR count). The minimum atomic E-state index is -0.603. The van der Waals surface area contributed by atoms with Gasteiger partial charge in [-0.15, -0.1) is 11.3 Å². The third-order valence-corrected chi connectivity index (χ3v) is 4.65. The number of nitro benzene ring substituents is 1. The highest BCUT2D eigenvalue weighted by Gasteiger charge is 2.17. The number of thiazole rings is 1. The molecular formula is C17H11ClFN3O4S. The number of aromatic nitrogens is 1. The normalized spacial score (nSPS) is 10.5. The summed E-state index contributed by atoms with van der Waals surface area (Å²) >= 11 is 7.09. The number of anilines is 1. The first-order chi connectivity index (χ1) is 12.9. The Hall–Kier alpha value is -3.04. The Kier molecular flexibility index (Phi) is 5.33. The average molecular weight is 408 g/mol. The lowest BCUT2D eigenvalue weighted by Gasteiger charge is -2.04. The van der Waals surface area contributed by atoms with Gasteiger partial charge in [-0.1, -0.05) is 11.6 Å². The monoisotopic (exact) mass is 407 g/mol. The molecular weight excluding hydrogens is 397 g/mol. The van der Waals surface area contributed by atoms with Crippen LogP contribution in [0.15, 0.2) is 41.8 Å². The number of ether oxygens (including phenoxy) is 1. The largest absolute Gasteiger partial charge is 0.494 e. The molecule has 0 radical (unpaired) electrons. The zero-order chi connectivity index (χ0) is 19.6. The van der Waals surface area contributed by atoms with Crippen molar-refractivity contribution in [3.05, 3.63) is 68.3 Å². The molecule has 0 atom stereocenters. The number of halogens is 2. The number of hydrogen-bond donors (Lipinski definition) is 1. The molecule has 138 valence electrons. The summed E-state index contributed by atoms with van der Waals surface area (Å²) < 4.78 is 18.7. The third-order valence-electron chi connectivity index (χ3n) is 3.58. The first-order valence-corrected chi connectivity index (χ1v) is 8.69. The first kappa shape index (κ1) is 18.7. The Morgan fingerprint density at radius 3 is 2.74 bits per heavy atom. The Morgan fingerprint density at radius 2 is 2.11 bits per heavy atom. The van der Waals surface area contributed by atoms with Gasteiger partial charge in [0.1, 0.15) is 0 Å². The number of hydrogen-bond acceptors (Lipinski definition) is 6. The van der Waals surface area contributed by atoms with Crippen molar-refractivity contribution in [1.82, 2.24) is 4.98 Å². The fraction of sp³-hybridized carbons (Fsp3) is 0.0588. The molecule has 0 spiro atoms. The SMILES string of the molecule is COc1ccc(-c2csc(NC(=O)c3ccc([N+](=O)[O-])cc3Cl)n2)cc1F. The molecule has 1 aromatic heterocycles. The number of nitrogens with one attached hydrogen (secondary N) is 1. The molecule has 27 heavy (non-hydrogen) atoms. The van der Waals surface area contributed by atoms with E-state index in [2.05, 4.69) is 10.3 Å². The van der Waals surface area contributed by atoms with Crippen molar-refractivity contribution in [1.29, 1.82) is 0 Å². The van der Waals surface area contributed by atoms with Gasteiger partial charge in [-0.3, -0.25) is 20.2 Å². The van der Waals surface area contributed by atoms with Crippen molar-refractivity contribution in [3.8, 4) is 17.0 Å². The van der Waals surface area contributed by atoms with Gasteiger partial charge in [0.15, 0.2) is 16.7 Å². The summed E-state index contributed by atoms with van der Waals surface area (Å²) in [6, 6.07) is 7.97. The smallest absolute Gasteiger partial charge is 0.270 e. The maximum absolute atomic E-state index is 13.8. The number of carbonyl (C=O) groups is 1. The maximum Gasteiger partial charge on any atom is 0.270 e. The van der Waals surface area contributed by atoms with Gasteiger partial charge >= 0.3 is 0 Å². The number of carbonyl (C=O) groups excluding carboxylic acids is 1. The van der Waals surface area contributed by atoms with Gasteiger partial charge in [0.2, 0.25) is 0 Å². The molecule has 7 nitrogen and oxygen atoms in total. The van der Waals surface area contributed by atoms with Crippen LogP contribution in [0, 0.1) is 15.9 Å². The van der Waals surface area contributed by atoms with E-state index in [1.807, 2.05) is 0 Å². The van der Waals surface area contributed by atoms with E-state index in [-0.39, 0.29) is 27.2 Å². The highest BCUT2D eigenvalue weighted by molar-refractivity contribution is 7.14. The van der Waals surface area contributed by atoms with E-state index in [1.54, 1.807) is 11.4 Å². The highest BCUT2D eigenvalue weighted by atomic mass is 35.5. The molecule has 0 aliphatic carbocycles. The summed E-state index contributed by atoms with van der Waals surface area (Å²) in [5, 5.41) is 15.2. The van der Waals surface area contributed by atoms with Crippen molar-refractivity contribution in [3.63, 3.8) is 0 Å². The Balaban J connectivity index is 1.78. The molecule has 0 aliphatic heterocycles. The van der Waals surface area contributed by atoms with Gasteiger partial charge in [-0.25, -0.2) is 9.37 Å². The topological polar surface area (TPSA) is 94.4 Å². The minimum Gasteiger partial charge on any atom is -0.494 e. The summed E-state index contributed by atoms with van der Waals surface area (Å²) in [5.74, 6) is -0.960. The average Bonchev–Trinajstić information content (AvgIpc) is 3.09. The molecule has 0 aliphatic rings. The van der Waals surface area contributed by atoms with Crippen LogP contribution < -0.4 is 10.1 Å². The second-order valence-electron chi connectivity index (χ2n) is 5.26. The summed E-state index contributed by atoms with van der Waals surface area (Å²) in [5.41, 5.74) is 0.870. The minimum absolute atomic E-state index is 0.0456. The van der Waals surface area contributed by atoms with E-state index >= 15 is 0 Å². The van der Waals surface area contributed by atoms with Crippen LogP contribution in [0.25, 0.3) is 11.3 Å². The number of nitrogens with zero attached hydrogens (tertiary/aromatic N) is 2. The summed E-state index contributed by atoms with van der Waals surface area (Å²) in [6.45, 7) is 0. The molecule has 1 heterocycles. The molecule has 3 aromatic rings. The van der Waals surface area contributed by atoms with E-state index in [0.717, 1.165) is 17.4 Å². The van der Waals surface area contributed by atoms with E-state index in [0.29, 0.717) is 11.3 Å². The van der Waals surface area contributed by atoms with E-state index in [9.17, 15) is 19.3 Å². The van der Waals surface area contributed by atoms with E-state index in [1.165, 1.54) is 31.4 Å². The Labute approximate surface area is 161 Å². The van der Waals surface area contributed by atoms with Crippen LogP contribution in [-0.2, 0) is 0 Å². The van der Waals surface area contributed by atoms with Crippen molar-refractivity contribution >= 4 is 39.7 Å². The van der Waals surface area contributed by atoms with Crippen molar-refractivity contribution in [2.75, 3.05) is 12.4 Å². The third kappa shape index (κ3) is 4.04. The molecule has 1 N–H and O–H groups in total. The van der Waals surface area contributed by atoms with Crippen LogP contribution in [0.2, 0.25) is 5.02 Å². The lowest BCUT2D eigenvalue weighted by molar-refractivity contribution is -0.384. The van der Waals surface area contributed by atoms with Crippen molar-refractivity contribution in [2.45, 2.75) is 0 Å². The fourth-order valence-corrected chi connectivity index (χ4v) is 3.23. The number of methoxy groups -OCH3 is 1. The van der Waals surface area contributed by atoms with Crippen LogP contribution in [0.1, 0.15) is 10.4 Å². The van der Waals surface area contributed by atoms with Crippen LogP contribution in [-0.4, -0.2) is 22.9 Å². The number of nitro groups is 1. The van der Waals surface area contributed by atoms with Crippen LogP contribution in [0.4, 0.5) is 15.2 Å². The zero-order valence-corrected chi connectivity index (χ0v) is 15.3. The van der Waals surface area contributed by atoms with Gasteiger partial charge in [0.05, 0.1) is 28.3 Å². The molecule has 0 fully saturated rings. The summed E-state index contributed by atoms with van der Waals surface area (Å²) in [7, 11) is 1.37. The quantitative estimate of drug-likeness (QED) is 0.485. The molecule has 1 amide bonds. The van der Waals surface area contributed by atoms with Gasteiger partial charge < -0.3 is 4.74 Å². The van der Waals surface area contributed by atoms with Crippen LogP contribution in [0.3, 0.4) is 0 Å². The van der Waals surface area contributed by atoms with Crippen molar-refractivity contribution < 1.29 is 18.8 Å². The summed E-state index contributed by atoms with van der Waals surface area (Å²) in [6.07, 6.45) is 0. The fourth-order valence-electron chi connectivity index (χ4n) is 2.26. The predicted octanol–water partition coefficient (Wildman–Crippen LogP) is 4.77. The van der Waals surface area contributed by atoms with Gasteiger partial charge in [-0.05, 0) is 24.3 Å². The molecule has 0 unspecified atom stereocenters. The van der Waals surface area contributed by atoms with Crippen LogP contribution in [0.5, 0.6) is 5.75 Å². The Bertz CT molecular complexity index is 1040. The number of non-ortho nitro benzene ring substituents is 1. The van der Waals surface area contributed by atoms with E-state index < -0.39 is 16.6 Å². The first-order valence-electron chi connectivity index (χ1n) is 7.43. The number of rotatable bonds is 5. The molecule has 0 saturated carbocycles. The predicted molar refractivity (Wildman–Crippen MR) is 100 cm³/mol. The lowest BCUT2D eigenvalue weighted by Crippen LogP contribution is -2.12. The zero-order valence-electron chi connectivity index (χ0n) is 13.7. The standard InChI is InChI=1S/C17H11ClFN3O4S/c1-26-15-5-2-9(6-13(15)19)14-8-27-17(20-14)21-16(23)11-4-3-10(22(24)25)7-12(11)18/h2-8H,1H3,(H,20,21,23). The Morgan fingerprint density at radius 1 is 1.33 bits per heavy atom.